The third kappa shape index (κ3) is 4.04. The van der Waals surface area contributed by atoms with Crippen LogP contribution in [0.1, 0.15) is 20.7 Å². The van der Waals surface area contributed by atoms with Gasteiger partial charge in [-0.1, -0.05) is 0 Å². The number of methoxy groups -OCH3 is 1. The van der Waals surface area contributed by atoms with E-state index in [0.717, 1.165) is 0 Å². The smallest absolute Gasteiger partial charge is 0.257 e. The van der Waals surface area contributed by atoms with Gasteiger partial charge in [0.15, 0.2) is 5.13 Å². The molecule has 0 saturated carbocycles. The number of nitrogens with zero attached hydrogens (tertiary/aromatic N) is 1. The second-order valence-corrected chi connectivity index (χ2v) is 6.06. The van der Waals surface area contributed by atoms with Gasteiger partial charge in [0.05, 0.1) is 12.8 Å². The monoisotopic (exact) mass is 371 g/mol. The first-order valence-electron chi connectivity index (χ1n) is 7.52. The summed E-state index contributed by atoms with van der Waals surface area (Å²) in [5.41, 5.74) is 1.06. The topological polar surface area (TPSA) is 80.3 Å². The summed E-state index contributed by atoms with van der Waals surface area (Å²) in [6.45, 7) is 0. The van der Waals surface area contributed by atoms with Gasteiger partial charge >= 0.3 is 0 Å². The van der Waals surface area contributed by atoms with E-state index in [9.17, 15) is 14.0 Å². The quantitative estimate of drug-likeness (QED) is 0.715. The SMILES string of the molecule is COc1cc(C(=O)Nc2nccs2)ccc1NC(=O)c1ccc(F)cc1. The highest BCUT2D eigenvalue weighted by Crippen LogP contribution is 2.27. The Morgan fingerprint density at radius 2 is 1.73 bits per heavy atom. The highest BCUT2D eigenvalue weighted by Gasteiger charge is 2.14. The molecule has 0 aliphatic rings. The van der Waals surface area contributed by atoms with Gasteiger partial charge < -0.3 is 10.1 Å². The molecule has 0 atom stereocenters. The summed E-state index contributed by atoms with van der Waals surface area (Å²) < 4.78 is 18.2. The highest BCUT2D eigenvalue weighted by atomic mass is 32.1. The van der Waals surface area contributed by atoms with Crippen molar-refractivity contribution >= 4 is 34.0 Å². The number of hydrogen-bond donors (Lipinski definition) is 2. The average molecular weight is 371 g/mol. The van der Waals surface area contributed by atoms with E-state index in [2.05, 4.69) is 15.6 Å². The van der Waals surface area contributed by atoms with E-state index in [1.54, 1.807) is 23.7 Å². The van der Waals surface area contributed by atoms with Gasteiger partial charge in [0.1, 0.15) is 11.6 Å². The Bertz CT molecular complexity index is 927. The molecule has 8 heteroatoms. The zero-order valence-corrected chi connectivity index (χ0v) is 14.5. The van der Waals surface area contributed by atoms with E-state index < -0.39 is 11.7 Å². The molecule has 0 spiro atoms. The normalized spacial score (nSPS) is 10.2. The summed E-state index contributed by atoms with van der Waals surface area (Å²) in [6, 6.07) is 9.82. The van der Waals surface area contributed by atoms with Crippen molar-refractivity contribution in [3.05, 3.63) is 71.0 Å². The van der Waals surface area contributed by atoms with Gasteiger partial charge in [-0.3, -0.25) is 14.9 Å². The molecular weight excluding hydrogens is 357 g/mol. The standard InChI is InChI=1S/C18H14FN3O3S/c1-25-15-10-12(17(24)22-18-20-8-9-26-18)4-7-14(15)21-16(23)11-2-5-13(19)6-3-11/h2-10H,1H3,(H,21,23)(H,20,22,24). The number of carbonyl (C=O) groups excluding carboxylic acids is 2. The van der Waals surface area contributed by atoms with E-state index in [-0.39, 0.29) is 5.91 Å². The maximum Gasteiger partial charge on any atom is 0.257 e. The van der Waals surface area contributed by atoms with Gasteiger partial charge in [-0.05, 0) is 42.5 Å². The molecule has 2 N–H and O–H groups in total. The van der Waals surface area contributed by atoms with Gasteiger partial charge in [0, 0.05) is 22.7 Å². The van der Waals surface area contributed by atoms with Crippen LogP contribution in [0.25, 0.3) is 0 Å². The number of thiazole rings is 1. The summed E-state index contributed by atoms with van der Waals surface area (Å²) in [4.78, 5) is 28.5. The molecule has 0 aliphatic heterocycles. The third-order valence-electron chi connectivity index (χ3n) is 3.47. The number of anilines is 2. The highest BCUT2D eigenvalue weighted by molar-refractivity contribution is 7.13. The van der Waals surface area contributed by atoms with Crippen LogP contribution >= 0.6 is 11.3 Å². The minimum absolute atomic E-state index is 0.305. The number of aromatic nitrogens is 1. The van der Waals surface area contributed by atoms with Crippen LogP contribution in [0.2, 0.25) is 0 Å². The predicted molar refractivity (Wildman–Crippen MR) is 97.4 cm³/mol. The molecule has 0 unspecified atom stereocenters. The molecule has 132 valence electrons. The summed E-state index contributed by atoms with van der Waals surface area (Å²) in [7, 11) is 1.44. The molecular formula is C18H14FN3O3S. The molecule has 2 aromatic carbocycles. The molecule has 0 saturated heterocycles. The number of amides is 2. The van der Waals surface area contributed by atoms with Crippen molar-refractivity contribution in [2.24, 2.45) is 0 Å². The van der Waals surface area contributed by atoms with Crippen LogP contribution in [-0.2, 0) is 0 Å². The van der Waals surface area contributed by atoms with E-state index in [1.807, 2.05) is 0 Å². The third-order valence-corrected chi connectivity index (χ3v) is 4.16. The van der Waals surface area contributed by atoms with Gasteiger partial charge in [-0.2, -0.15) is 0 Å². The largest absolute Gasteiger partial charge is 0.495 e. The lowest BCUT2D eigenvalue weighted by atomic mass is 10.1. The van der Waals surface area contributed by atoms with Crippen LogP contribution in [0.4, 0.5) is 15.2 Å². The average Bonchev–Trinajstić information content (AvgIpc) is 3.15. The summed E-state index contributed by atoms with van der Waals surface area (Å²) in [5.74, 6) is -0.847. The maximum atomic E-state index is 13.0. The lowest BCUT2D eigenvalue weighted by Crippen LogP contribution is -2.14. The number of hydrogen-bond acceptors (Lipinski definition) is 5. The number of carbonyl (C=O) groups is 2. The Labute approximate surface area is 152 Å². The van der Waals surface area contributed by atoms with Crippen molar-refractivity contribution in [3.8, 4) is 5.75 Å². The van der Waals surface area contributed by atoms with Crippen LogP contribution in [0, 0.1) is 5.82 Å². The molecule has 0 aliphatic carbocycles. The number of rotatable bonds is 5. The van der Waals surface area contributed by atoms with Crippen LogP contribution in [0.5, 0.6) is 5.75 Å². The van der Waals surface area contributed by atoms with Gasteiger partial charge in [0.2, 0.25) is 0 Å². The van der Waals surface area contributed by atoms with Crippen LogP contribution < -0.4 is 15.4 Å². The first kappa shape index (κ1) is 17.6. The number of halogens is 1. The number of nitrogens with one attached hydrogen (secondary N) is 2. The zero-order valence-electron chi connectivity index (χ0n) is 13.7. The zero-order chi connectivity index (χ0) is 18.5. The number of ether oxygens (including phenoxy) is 1. The summed E-state index contributed by atoms with van der Waals surface area (Å²) in [5, 5.41) is 7.59. The van der Waals surface area contributed by atoms with Gasteiger partial charge in [0.25, 0.3) is 11.8 Å². The first-order valence-corrected chi connectivity index (χ1v) is 8.40. The van der Waals surface area contributed by atoms with Gasteiger partial charge in [-0.25, -0.2) is 9.37 Å². The van der Waals surface area contributed by atoms with E-state index in [0.29, 0.717) is 27.7 Å². The second kappa shape index (κ2) is 7.75. The Hall–Kier alpha value is -3.26. The van der Waals surface area contributed by atoms with Crippen LogP contribution in [0.3, 0.4) is 0 Å². The Kier molecular flexibility index (Phi) is 5.23. The van der Waals surface area contributed by atoms with Crippen LogP contribution in [-0.4, -0.2) is 23.9 Å². The predicted octanol–water partition coefficient (Wildman–Crippen LogP) is 3.80. The molecule has 6 nitrogen and oxygen atoms in total. The molecule has 26 heavy (non-hydrogen) atoms. The fourth-order valence-corrected chi connectivity index (χ4v) is 2.71. The van der Waals surface area contributed by atoms with Crippen molar-refractivity contribution < 1.29 is 18.7 Å². The molecule has 2 amide bonds. The van der Waals surface area contributed by atoms with E-state index in [4.69, 9.17) is 4.74 Å². The van der Waals surface area contributed by atoms with Crippen molar-refractivity contribution in [1.29, 1.82) is 0 Å². The minimum Gasteiger partial charge on any atom is -0.495 e. The lowest BCUT2D eigenvalue weighted by Gasteiger charge is -2.12. The Morgan fingerprint density at radius 1 is 1.04 bits per heavy atom. The van der Waals surface area contributed by atoms with E-state index >= 15 is 0 Å². The van der Waals surface area contributed by atoms with E-state index in [1.165, 1.54) is 48.8 Å². The molecule has 0 fully saturated rings. The first-order chi connectivity index (χ1) is 12.6. The molecule has 3 rings (SSSR count). The molecule has 1 aromatic heterocycles. The molecule has 0 bridgehead atoms. The fourth-order valence-electron chi connectivity index (χ4n) is 2.19. The lowest BCUT2D eigenvalue weighted by molar-refractivity contribution is 0.102. The van der Waals surface area contributed by atoms with Crippen molar-refractivity contribution in [1.82, 2.24) is 4.98 Å². The fraction of sp³-hybridized carbons (Fsp3) is 0.0556. The van der Waals surface area contributed by atoms with Gasteiger partial charge in [-0.15, -0.1) is 11.3 Å². The molecule has 1 heterocycles. The Morgan fingerprint density at radius 3 is 2.38 bits per heavy atom. The minimum atomic E-state index is -0.422. The summed E-state index contributed by atoms with van der Waals surface area (Å²) >= 11 is 1.31. The second-order valence-electron chi connectivity index (χ2n) is 5.17. The van der Waals surface area contributed by atoms with Crippen molar-refractivity contribution in [2.75, 3.05) is 17.7 Å². The molecule has 0 radical (unpaired) electrons. The van der Waals surface area contributed by atoms with Crippen molar-refractivity contribution in [3.63, 3.8) is 0 Å². The Balaban J connectivity index is 1.77. The maximum absolute atomic E-state index is 13.0. The molecule has 3 aromatic rings. The number of benzene rings is 2. The van der Waals surface area contributed by atoms with Crippen LogP contribution in [0.15, 0.2) is 54.0 Å². The summed E-state index contributed by atoms with van der Waals surface area (Å²) in [6.07, 6.45) is 1.59. The van der Waals surface area contributed by atoms with Crippen molar-refractivity contribution in [2.45, 2.75) is 0 Å².